The van der Waals surface area contributed by atoms with Crippen molar-refractivity contribution in [1.82, 2.24) is 9.55 Å². The van der Waals surface area contributed by atoms with Crippen LogP contribution in [0.2, 0.25) is 0 Å². The van der Waals surface area contributed by atoms with E-state index in [-0.39, 0.29) is 17.8 Å². The number of benzene rings is 2. The van der Waals surface area contributed by atoms with Crippen molar-refractivity contribution in [1.29, 1.82) is 0 Å². The number of hydrogen-bond acceptors (Lipinski definition) is 3. The summed E-state index contributed by atoms with van der Waals surface area (Å²) in [7, 11) is 0. The van der Waals surface area contributed by atoms with Crippen LogP contribution in [0.5, 0.6) is 0 Å². The van der Waals surface area contributed by atoms with Crippen LogP contribution in [0.1, 0.15) is 5.82 Å². The highest BCUT2D eigenvalue weighted by molar-refractivity contribution is 5.90. The molecule has 1 heterocycles. The molecule has 0 aliphatic carbocycles. The van der Waals surface area contributed by atoms with E-state index in [4.69, 9.17) is 0 Å². The van der Waals surface area contributed by atoms with Crippen LogP contribution < -0.4 is 10.9 Å². The number of carbonyl (C=O) groups is 1. The van der Waals surface area contributed by atoms with E-state index >= 15 is 0 Å². The maximum atomic E-state index is 13.6. The van der Waals surface area contributed by atoms with Gasteiger partial charge in [0.25, 0.3) is 5.56 Å². The second-order valence-electron chi connectivity index (χ2n) is 5.51. The molecule has 6 heteroatoms. The van der Waals surface area contributed by atoms with E-state index in [0.717, 1.165) is 5.56 Å². The number of rotatable bonds is 4. The third-order valence-corrected chi connectivity index (χ3v) is 3.72. The first kappa shape index (κ1) is 16.6. The highest BCUT2D eigenvalue weighted by atomic mass is 19.1. The van der Waals surface area contributed by atoms with Crippen LogP contribution in [0.25, 0.3) is 11.3 Å². The van der Waals surface area contributed by atoms with Crippen molar-refractivity contribution in [3.8, 4) is 11.3 Å². The molecule has 0 radical (unpaired) electrons. The minimum absolute atomic E-state index is 0.0760. The van der Waals surface area contributed by atoms with Crippen molar-refractivity contribution < 1.29 is 9.18 Å². The zero-order valence-corrected chi connectivity index (χ0v) is 13.6. The summed E-state index contributed by atoms with van der Waals surface area (Å²) >= 11 is 0. The molecule has 0 bridgehead atoms. The first-order chi connectivity index (χ1) is 12.0. The van der Waals surface area contributed by atoms with E-state index in [0.29, 0.717) is 11.5 Å². The predicted octanol–water partition coefficient (Wildman–Crippen LogP) is 3.00. The van der Waals surface area contributed by atoms with Gasteiger partial charge in [0.2, 0.25) is 5.91 Å². The molecule has 0 saturated carbocycles. The summed E-state index contributed by atoms with van der Waals surface area (Å²) in [6.07, 6.45) is 0. The highest BCUT2D eigenvalue weighted by Crippen LogP contribution is 2.15. The SMILES string of the molecule is Cc1nc(-c2ccccc2)cc(=O)n1CC(=O)Nc1ccccc1F. The number of nitrogens with one attached hydrogen (secondary N) is 1. The number of amides is 1. The molecule has 0 unspecified atom stereocenters. The first-order valence-corrected chi connectivity index (χ1v) is 7.73. The van der Waals surface area contributed by atoms with Crippen LogP contribution in [0, 0.1) is 12.7 Å². The summed E-state index contributed by atoms with van der Waals surface area (Å²) in [6, 6.07) is 16.6. The van der Waals surface area contributed by atoms with Crippen molar-refractivity contribution in [2.24, 2.45) is 0 Å². The number of nitrogens with zero attached hydrogens (tertiary/aromatic N) is 2. The van der Waals surface area contributed by atoms with Crippen molar-refractivity contribution >= 4 is 11.6 Å². The van der Waals surface area contributed by atoms with Gasteiger partial charge in [-0.15, -0.1) is 0 Å². The van der Waals surface area contributed by atoms with Crippen molar-refractivity contribution in [3.63, 3.8) is 0 Å². The number of carbonyl (C=O) groups excluding carboxylic acids is 1. The molecular formula is C19H16FN3O2. The molecule has 2 aromatic carbocycles. The molecule has 0 saturated heterocycles. The predicted molar refractivity (Wildman–Crippen MR) is 93.7 cm³/mol. The lowest BCUT2D eigenvalue weighted by molar-refractivity contribution is -0.116. The quantitative estimate of drug-likeness (QED) is 0.796. The van der Waals surface area contributed by atoms with Gasteiger partial charge < -0.3 is 5.32 Å². The minimum Gasteiger partial charge on any atom is -0.322 e. The molecule has 126 valence electrons. The molecule has 3 aromatic rings. The molecule has 0 aliphatic rings. The Balaban J connectivity index is 1.82. The lowest BCUT2D eigenvalue weighted by atomic mass is 10.1. The standard InChI is InChI=1S/C19H16FN3O2/c1-13-21-17(14-7-3-2-4-8-14)11-19(25)23(13)12-18(24)22-16-10-6-5-9-15(16)20/h2-11H,12H2,1H3,(H,22,24). The van der Waals surface area contributed by atoms with Crippen molar-refractivity contribution in [2.45, 2.75) is 13.5 Å². The number of hydrogen-bond donors (Lipinski definition) is 1. The highest BCUT2D eigenvalue weighted by Gasteiger charge is 2.12. The third-order valence-electron chi connectivity index (χ3n) is 3.72. The molecule has 1 aromatic heterocycles. The Labute approximate surface area is 143 Å². The van der Waals surface area contributed by atoms with Crippen molar-refractivity contribution in [2.75, 3.05) is 5.32 Å². The van der Waals surface area contributed by atoms with Crippen LogP contribution in [0.15, 0.2) is 65.5 Å². The summed E-state index contributed by atoms with van der Waals surface area (Å²) in [6.45, 7) is 1.42. The van der Waals surface area contributed by atoms with E-state index in [1.165, 1.54) is 28.8 Å². The Morgan fingerprint density at radius 1 is 1.12 bits per heavy atom. The van der Waals surface area contributed by atoms with Gasteiger partial charge in [0.1, 0.15) is 18.2 Å². The number of halogens is 1. The Bertz CT molecular complexity index is 968. The maximum Gasteiger partial charge on any atom is 0.254 e. The number of aryl methyl sites for hydroxylation is 1. The zero-order chi connectivity index (χ0) is 17.8. The van der Waals surface area contributed by atoms with Gasteiger partial charge in [0.15, 0.2) is 0 Å². The van der Waals surface area contributed by atoms with Gasteiger partial charge in [0.05, 0.1) is 11.4 Å². The fourth-order valence-corrected chi connectivity index (χ4v) is 2.47. The van der Waals surface area contributed by atoms with E-state index < -0.39 is 11.7 Å². The average molecular weight is 337 g/mol. The molecule has 5 nitrogen and oxygen atoms in total. The molecule has 25 heavy (non-hydrogen) atoms. The van der Waals surface area contributed by atoms with E-state index in [1.807, 2.05) is 30.3 Å². The second kappa shape index (κ2) is 7.09. The van der Waals surface area contributed by atoms with Crippen molar-refractivity contribution in [3.05, 3.63) is 82.7 Å². The summed E-state index contributed by atoms with van der Waals surface area (Å²) < 4.78 is 14.8. The van der Waals surface area contributed by atoms with Crippen LogP contribution >= 0.6 is 0 Å². The Kier molecular flexibility index (Phi) is 4.70. The van der Waals surface area contributed by atoms with Crippen LogP contribution in [-0.4, -0.2) is 15.5 Å². The summed E-state index contributed by atoms with van der Waals surface area (Å²) in [5.41, 5.74) is 1.11. The molecular weight excluding hydrogens is 321 g/mol. The fraction of sp³-hybridized carbons (Fsp3) is 0.105. The topological polar surface area (TPSA) is 64.0 Å². The van der Waals surface area contributed by atoms with Gasteiger partial charge in [0, 0.05) is 11.6 Å². The van der Waals surface area contributed by atoms with E-state index in [1.54, 1.807) is 13.0 Å². The Morgan fingerprint density at radius 2 is 1.80 bits per heavy atom. The monoisotopic (exact) mass is 337 g/mol. The number of aromatic nitrogens is 2. The lowest BCUT2D eigenvalue weighted by Crippen LogP contribution is -2.30. The summed E-state index contributed by atoms with van der Waals surface area (Å²) in [5.74, 6) is -0.614. The minimum atomic E-state index is -0.530. The molecule has 0 fully saturated rings. The summed E-state index contributed by atoms with van der Waals surface area (Å²) in [5, 5.41) is 2.46. The molecule has 1 N–H and O–H groups in total. The Morgan fingerprint density at radius 3 is 2.48 bits per heavy atom. The number of anilines is 1. The normalized spacial score (nSPS) is 10.5. The lowest BCUT2D eigenvalue weighted by Gasteiger charge is -2.11. The first-order valence-electron chi connectivity index (χ1n) is 7.73. The Hall–Kier alpha value is -3.28. The second-order valence-corrected chi connectivity index (χ2v) is 5.51. The van der Waals surface area contributed by atoms with Crippen LogP contribution in [-0.2, 0) is 11.3 Å². The number of para-hydroxylation sites is 1. The maximum absolute atomic E-state index is 13.6. The largest absolute Gasteiger partial charge is 0.322 e. The fourth-order valence-electron chi connectivity index (χ4n) is 2.47. The van der Waals surface area contributed by atoms with E-state index in [9.17, 15) is 14.0 Å². The molecule has 0 spiro atoms. The van der Waals surface area contributed by atoms with E-state index in [2.05, 4.69) is 10.3 Å². The zero-order valence-electron chi connectivity index (χ0n) is 13.6. The van der Waals surface area contributed by atoms with Gasteiger partial charge in [-0.1, -0.05) is 42.5 Å². The van der Waals surface area contributed by atoms with Gasteiger partial charge >= 0.3 is 0 Å². The smallest absolute Gasteiger partial charge is 0.254 e. The average Bonchev–Trinajstić information content (AvgIpc) is 2.61. The van der Waals surface area contributed by atoms with Gasteiger partial charge in [-0.3, -0.25) is 14.2 Å². The van der Waals surface area contributed by atoms with Gasteiger partial charge in [-0.2, -0.15) is 0 Å². The van der Waals surface area contributed by atoms with Gasteiger partial charge in [-0.25, -0.2) is 9.37 Å². The van der Waals surface area contributed by atoms with Crippen LogP contribution in [0.3, 0.4) is 0 Å². The molecule has 0 atom stereocenters. The molecule has 3 rings (SSSR count). The molecule has 0 aliphatic heterocycles. The summed E-state index contributed by atoms with van der Waals surface area (Å²) in [4.78, 5) is 28.9. The van der Waals surface area contributed by atoms with Crippen LogP contribution in [0.4, 0.5) is 10.1 Å². The third kappa shape index (κ3) is 3.80. The van der Waals surface area contributed by atoms with Gasteiger partial charge in [-0.05, 0) is 19.1 Å². The molecule has 1 amide bonds.